The third-order valence-corrected chi connectivity index (χ3v) is 2.81. The van der Waals surface area contributed by atoms with E-state index in [-0.39, 0.29) is 5.54 Å². The fourth-order valence-electron chi connectivity index (χ4n) is 1.58. The van der Waals surface area contributed by atoms with Gasteiger partial charge in [-0.15, -0.1) is 0 Å². The first-order valence-electron chi connectivity index (χ1n) is 4.39. The van der Waals surface area contributed by atoms with Crippen molar-refractivity contribution >= 4 is 0 Å². The minimum Gasteiger partial charge on any atom is -0.402 e. The van der Waals surface area contributed by atoms with Crippen molar-refractivity contribution in [2.24, 2.45) is 17.4 Å². The highest BCUT2D eigenvalue weighted by Gasteiger charge is 2.32. The molecule has 0 heterocycles. The lowest BCUT2D eigenvalue weighted by Gasteiger charge is -2.37. The normalized spacial score (nSPS) is 30.1. The highest BCUT2D eigenvalue weighted by atomic mass is 14.8. The highest BCUT2D eigenvalue weighted by Crippen LogP contribution is 2.31. The van der Waals surface area contributed by atoms with Crippen LogP contribution in [0.15, 0.2) is 23.4 Å². The van der Waals surface area contributed by atoms with E-state index in [0.29, 0.717) is 5.92 Å². The molecular weight excluding hydrogens is 148 g/mol. The van der Waals surface area contributed by atoms with E-state index in [0.717, 1.165) is 12.1 Å². The number of allylic oxidation sites excluding steroid dienone is 2. The van der Waals surface area contributed by atoms with Crippen molar-refractivity contribution in [3.8, 4) is 0 Å². The zero-order valence-corrected chi connectivity index (χ0v) is 8.09. The maximum atomic E-state index is 6.25. The summed E-state index contributed by atoms with van der Waals surface area (Å²) < 4.78 is 0. The fraction of sp³-hybridized carbons (Fsp3) is 0.600. The molecule has 0 spiro atoms. The van der Waals surface area contributed by atoms with Gasteiger partial charge in [0.25, 0.3) is 0 Å². The zero-order chi connectivity index (χ0) is 9.35. The Kier molecular flexibility index (Phi) is 2.29. The number of nitrogens with two attached hydrogens (primary N) is 2. The number of hydrogen-bond acceptors (Lipinski definition) is 2. The highest BCUT2D eigenvalue weighted by molar-refractivity contribution is 5.32. The molecule has 1 unspecified atom stereocenters. The van der Waals surface area contributed by atoms with Gasteiger partial charge in [0.05, 0.1) is 0 Å². The molecule has 2 nitrogen and oxygen atoms in total. The number of rotatable bonds is 1. The molecule has 4 N–H and O–H groups in total. The van der Waals surface area contributed by atoms with Gasteiger partial charge in [0.1, 0.15) is 0 Å². The first kappa shape index (κ1) is 9.33. The molecule has 0 fully saturated rings. The maximum Gasteiger partial charge on any atom is 0.0447 e. The van der Waals surface area contributed by atoms with Crippen LogP contribution in [0.1, 0.15) is 27.2 Å². The van der Waals surface area contributed by atoms with Crippen molar-refractivity contribution in [3.63, 3.8) is 0 Å². The van der Waals surface area contributed by atoms with Gasteiger partial charge in [-0.1, -0.05) is 25.5 Å². The second-order valence-electron chi connectivity index (χ2n) is 3.96. The topological polar surface area (TPSA) is 52.0 Å². The zero-order valence-electron chi connectivity index (χ0n) is 8.09. The van der Waals surface area contributed by atoms with E-state index in [9.17, 15) is 0 Å². The van der Waals surface area contributed by atoms with Crippen molar-refractivity contribution in [1.29, 1.82) is 0 Å². The lowest BCUT2D eigenvalue weighted by atomic mass is 9.75. The largest absolute Gasteiger partial charge is 0.402 e. The lowest BCUT2D eigenvalue weighted by Crippen LogP contribution is -2.48. The molecule has 0 aromatic carbocycles. The molecule has 0 aromatic rings. The summed E-state index contributed by atoms with van der Waals surface area (Å²) >= 11 is 0. The molecule has 0 saturated heterocycles. The van der Waals surface area contributed by atoms with Gasteiger partial charge in [-0.05, 0) is 18.9 Å². The average molecular weight is 166 g/mol. The standard InChI is InChI=1S/C10H18N2/c1-7(2)10(12)6-9(11)5-4-8(10)3/h4-5,7H,6,11-12H2,1-3H3. The second kappa shape index (κ2) is 2.94. The fourth-order valence-corrected chi connectivity index (χ4v) is 1.58. The van der Waals surface area contributed by atoms with Crippen LogP contribution in [0.25, 0.3) is 0 Å². The summed E-state index contributed by atoms with van der Waals surface area (Å²) in [7, 11) is 0. The SMILES string of the molecule is CC1=CC=C(N)CC1(N)C(C)C. The molecule has 0 aliphatic heterocycles. The Morgan fingerprint density at radius 3 is 2.42 bits per heavy atom. The van der Waals surface area contributed by atoms with Crippen molar-refractivity contribution in [3.05, 3.63) is 23.4 Å². The third-order valence-electron chi connectivity index (χ3n) is 2.81. The van der Waals surface area contributed by atoms with Crippen LogP contribution in [0.2, 0.25) is 0 Å². The van der Waals surface area contributed by atoms with Crippen molar-refractivity contribution in [2.45, 2.75) is 32.7 Å². The van der Waals surface area contributed by atoms with E-state index >= 15 is 0 Å². The quantitative estimate of drug-likeness (QED) is 0.620. The molecule has 1 aliphatic rings. The molecule has 0 amide bonds. The minimum absolute atomic E-state index is 0.223. The van der Waals surface area contributed by atoms with Crippen LogP contribution in [-0.2, 0) is 0 Å². The Balaban J connectivity index is 2.96. The molecule has 0 radical (unpaired) electrons. The van der Waals surface area contributed by atoms with Gasteiger partial charge in [0.15, 0.2) is 0 Å². The van der Waals surface area contributed by atoms with E-state index in [2.05, 4.69) is 20.8 Å². The van der Waals surface area contributed by atoms with Crippen molar-refractivity contribution < 1.29 is 0 Å². The van der Waals surface area contributed by atoms with Crippen LogP contribution in [0.4, 0.5) is 0 Å². The van der Waals surface area contributed by atoms with Gasteiger partial charge in [-0.2, -0.15) is 0 Å². The first-order chi connectivity index (χ1) is 5.47. The Labute approximate surface area is 74.3 Å². The van der Waals surface area contributed by atoms with Crippen molar-refractivity contribution in [1.82, 2.24) is 0 Å². The monoisotopic (exact) mass is 166 g/mol. The van der Waals surface area contributed by atoms with Crippen LogP contribution in [-0.4, -0.2) is 5.54 Å². The van der Waals surface area contributed by atoms with Crippen LogP contribution in [0.3, 0.4) is 0 Å². The summed E-state index contributed by atoms with van der Waals surface area (Å²) in [6, 6.07) is 0. The molecule has 1 aliphatic carbocycles. The predicted octanol–water partition coefficient (Wildman–Crippen LogP) is 1.53. The van der Waals surface area contributed by atoms with Gasteiger partial charge in [-0.3, -0.25) is 0 Å². The van der Waals surface area contributed by atoms with Crippen LogP contribution in [0, 0.1) is 5.92 Å². The molecule has 1 rings (SSSR count). The summed E-state index contributed by atoms with van der Waals surface area (Å²) in [6.45, 7) is 6.34. The molecule has 2 heteroatoms. The van der Waals surface area contributed by atoms with Crippen LogP contribution in [0.5, 0.6) is 0 Å². The second-order valence-corrected chi connectivity index (χ2v) is 3.96. The Morgan fingerprint density at radius 1 is 1.42 bits per heavy atom. The Bertz CT molecular complexity index is 238. The van der Waals surface area contributed by atoms with E-state index < -0.39 is 0 Å². The van der Waals surface area contributed by atoms with Crippen molar-refractivity contribution in [2.75, 3.05) is 0 Å². The van der Waals surface area contributed by atoms with E-state index in [1.807, 2.05) is 12.2 Å². The summed E-state index contributed by atoms with van der Waals surface area (Å²) in [5.41, 5.74) is 13.9. The first-order valence-corrected chi connectivity index (χ1v) is 4.39. The van der Waals surface area contributed by atoms with E-state index in [1.165, 1.54) is 5.57 Å². The Morgan fingerprint density at radius 2 is 2.00 bits per heavy atom. The van der Waals surface area contributed by atoms with E-state index in [4.69, 9.17) is 11.5 Å². The van der Waals surface area contributed by atoms with Gasteiger partial charge in [-0.25, -0.2) is 0 Å². The predicted molar refractivity (Wildman–Crippen MR) is 52.4 cm³/mol. The lowest BCUT2D eigenvalue weighted by molar-refractivity contribution is 0.355. The molecular formula is C10H18N2. The molecule has 0 bridgehead atoms. The van der Waals surface area contributed by atoms with Gasteiger partial charge < -0.3 is 11.5 Å². The smallest absolute Gasteiger partial charge is 0.0447 e. The minimum atomic E-state index is -0.223. The van der Waals surface area contributed by atoms with Gasteiger partial charge >= 0.3 is 0 Å². The summed E-state index contributed by atoms with van der Waals surface area (Å²) in [5, 5.41) is 0. The molecule has 0 aromatic heterocycles. The third kappa shape index (κ3) is 1.39. The summed E-state index contributed by atoms with van der Waals surface area (Å²) in [6.07, 6.45) is 4.76. The van der Waals surface area contributed by atoms with Crippen LogP contribution < -0.4 is 11.5 Å². The molecule has 12 heavy (non-hydrogen) atoms. The van der Waals surface area contributed by atoms with Gasteiger partial charge in [0.2, 0.25) is 0 Å². The molecule has 68 valence electrons. The molecule has 0 saturated carbocycles. The molecule has 1 atom stereocenters. The summed E-state index contributed by atoms with van der Waals surface area (Å²) in [4.78, 5) is 0. The van der Waals surface area contributed by atoms with Gasteiger partial charge in [0, 0.05) is 17.7 Å². The maximum absolute atomic E-state index is 6.25. The summed E-state index contributed by atoms with van der Waals surface area (Å²) in [5.74, 6) is 0.431. The average Bonchev–Trinajstić information content (AvgIpc) is 1.97. The Hall–Kier alpha value is -0.760. The number of hydrogen-bond donors (Lipinski definition) is 2. The van der Waals surface area contributed by atoms with Crippen LogP contribution >= 0.6 is 0 Å². The van der Waals surface area contributed by atoms with E-state index in [1.54, 1.807) is 0 Å².